The van der Waals surface area contributed by atoms with E-state index in [1.54, 1.807) is 6.07 Å². The summed E-state index contributed by atoms with van der Waals surface area (Å²) in [7, 11) is 0. The second kappa shape index (κ2) is 3.98. The highest BCUT2D eigenvalue weighted by Crippen LogP contribution is 2.38. The molecule has 1 aromatic heterocycles. The number of hydrogen-bond donors (Lipinski definition) is 0. The van der Waals surface area contributed by atoms with Crippen molar-refractivity contribution in [3.63, 3.8) is 0 Å². The molecule has 0 N–H and O–H groups in total. The Balaban J connectivity index is 2.38. The third-order valence-electron chi connectivity index (χ3n) is 2.44. The van der Waals surface area contributed by atoms with Gasteiger partial charge in [-0.1, -0.05) is 11.3 Å². The molecule has 0 unspecified atom stereocenters. The molecule has 1 saturated heterocycles. The molecule has 1 aromatic rings. The van der Waals surface area contributed by atoms with Gasteiger partial charge in [0.05, 0.1) is 9.80 Å². The smallest absolute Gasteiger partial charge is 0.347 e. The third-order valence-corrected chi connectivity index (χ3v) is 3.44. The van der Waals surface area contributed by atoms with Gasteiger partial charge in [0.15, 0.2) is 6.29 Å². The number of nitrogens with zero attached hydrogens (tertiary/aromatic N) is 2. The monoisotopic (exact) mass is 226 g/mol. The van der Waals surface area contributed by atoms with Crippen LogP contribution in [-0.4, -0.2) is 24.3 Å². The molecule has 0 amide bonds. The molecule has 80 valence electrons. The normalized spacial score (nSPS) is 15.6. The predicted octanol–water partition coefficient (Wildman–Crippen LogP) is 2.07. The van der Waals surface area contributed by atoms with Gasteiger partial charge in [0.1, 0.15) is 5.69 Å². The first-order valence-electron chi connectivity index (χ1n) is 4.70. The number of anilines is 1. The first-order valence-corrected chi connectivity index (χ1v) is 5.52. The molecule has 1 fully saturated rings. The van der Waals surface area contributed by atoms with Crippen molar-refractivity contribution in [3.05, 3.63) is 21.1 Å². The quantitative estimate of drug-likeness (QED) is 0.449. The van der Waals surface area contributed by atoms with E-state index in [-0.39, 0.29) is 5.00 Å². The van der Waals surface area contributed by atoms with Crippen molar-refractivity contribution in [1.82, 2.24) is 0 Å². The van der Waals surface area contributed by atoms with Crippen LogP contribution in [0.5, 0.6) is 0 Å². The largest absolute Gasteiger partial charge is 0.365 e. The maximum absolute atomic E-state index is 10.8. The van der Waals surface area contributed by atoms with Crippen LogP contribution < -0.4 is 4.90 Å². The van der Waals surface area contributed by atoms with Crippen LogP contribution in [-0.2, 0) is 0 Å². The molecule has 2 rings (SSSR count). The van der Waals surface area contributed by atoms with Gasteiger partial charge >= 0.3 is 5.00 Å². The summed E-state index contributed by atoms with van der Waals surface area (Å²) in [5.41, 5.74) is 0.601. The van der Waals surface area contributed by atoms with Crippen LogP contribution in [0.4, 0.5) is 10.7 Å². The summed E-state index contributed by atoms with van der Waals surface area (Å²) in [5.74, 6) is 0. The zero-order chi connectivity index (χ0) is 10.8. The van der Waals surface area contributed by atoms with Gasteiger partial charge in [-0.3, -0.25) is 14.9 Å². The molecular weight excluding hydrogens is 216 g/mol. The molecule has 0 atom stereocenters. The molecule has 0 saturated carbocycles. The van der Waals surface area contributed by atoms with Gasteiger partial charge in [0, 0.05) is 13.1 Å². The van der Waals surface area contributed by atoms with E-state index >= 15 is 0 Å². The highest BCUT2D eigenvalue weighted by atomic mass is 32.1. The Kier molecular flexibility index (Phi) is 2.68. The van der Waals surface area contributed by atoms with Gasteiger partial charge in [-0.05, 0) is 18.9 Å². The summed E-state index contributed by atoms with van der Waals surface area (Å²) in [6.45, 7) is 1.69. The fourth-order valence-corrected chi connectivity index (χ4v) is 2.57. The van der Waals surface area contributed by atoms with Gasteiger partial charge in [-0.25, -0.2) is 0 Å². The van der Waals surface area contributed by atoms with Crippen LogP contribution in [0.25, 0.3) is 0 Å². The maximum atomic E-state index is 10.8. The lowest BCUT2D eigenvalue weighted by Gasteiger charge is -2.13. The summed E-state index contributed by atoms with van der Waals surface area (Å²) in [6, 6.07) is 1.61. The minimum absolute atomic E-state index is 0.0824. The van der Waals surface area contributed by atoms with Crippen molar-refractivity contribution < 1.29 is 9.72 Å². The lowest BCUT2D eigenvalue weighted by Crippen LogP contribution is -2.17. The van der Waals surface area contributed by atoms with E-state index in [9.17, 15) is 14.9 Å². The van der Waals surface area contributed by atoms with E-state index in [4.69, 9.17) is 0 Å². The summed E-state index contributed by atoms with van der Waals surface area (Å²) in [6.07, 6.45) is 2.78. The molecule has 1 aliphatic rings. The number of hydrogen-bond acceptors (Lipinski definition) is 5. The van der Waals surface area contributed by atoms with Crippen molar-refractivity contribution in [2.75, 3.05) is 18.0 Å². The van der Waals surface area contributed by atoms with Crippen LogP contribution in [0, 0.1) is 10.1 Å². The van der Waals surface area contributed by atoms with Gasteiger partial charge in [0.2, 0.25) is 0 Å². The molecule has 0 bridgehead atoms. The number of carbonyl (C=O) groups is 1. The van der Waals surface area contributed by atoms with Crippen molar-refractivity contribution in [2.24, 2.45) is 0 Å². The summed E-state index contributed by atoms with van der Waals surface area (Å²) in [5, 5.41) is 10.9. The molecule has 5 nitrogen and oxygen atoms in total. The van der Waals surface area contributed by atoms with E-state index in [0.717, 1.165) is 37.3 Å². The zero-order valence-corrected chi connectivity index (χ0v) is 8.83. The Morgan fingerprint density at radius 3 is 2.67 bits per heavy atom. The SMILES string of the molecule is O=Cc1cc(N2CCCC2)c([N+](=O)[O-])s1. The number of rotatable bonds is 3. The highest BCUT2D eigenvalue weighted by Gasteiger charge is 2.25. The summed E-state index contributed by atoms with van der Waals surface area (Å²) >= 11 is 0.946. The topological polar surface area (TPSA) is 63.5 Å². The van der Waals surface area contributed by atoms with Gasteiger partial charge in [-0.15, -0.1) is 0 Å². The second-order valence-corrected chi connectivity index (χ2v) is 4.47. The Morgan fingerprint density at radius 1 is 1.47 bits per heavy atom. The van der Waals surface area contributed by atoms with E-state index < -0.39 is 4.92 Å². The number of thiophene rings is 1. The van der Waals surface area contributed by atoms with Crippen LogP contribution in [0.15, 0.2) is 6.07 Å². The minimum atomic E-state index is -0.411. The van der Waals surface area contributed by atoms with E-state index in [1.165, 1.54) is 0 Å². The molecule has 2 heterocycles. The van der Waals surface area contributed by atoms with Gasteiger partial charge in [-0.2, -0.15) is 0 Å². The minimum Gasteiger partial charge on any atom is -0.365 e. The average molecular weight is 226 g/mol. The Labute approximate surface area is 90.5 Å². The summed E-state index contributed by atoms with van der Waals surface area (Å²) < 4.78 is 0. The van der Waals surface area contributed by atoms with Crippen LogP contribution >= 0.6 is 11.3 Å². The fourth-order valence-electron chi connectivity index (χ4n) is 1.76. The molecule has 0 aliphatic carbocycles. The predicted molar refractivity (Wildman–Crippen MR) is 57.8 cm³/mol. The molecule has 0 spiro atoms. The highest BCUT2D eigenvalue weighted by molar-refractivity contribution is 7.17. The second-order valence-electron chi connectivity index (χ2n) is 3.41. The first kappa shape index (κ1) is 10.1. The Bertz CT molecular complexity index is 396. The maximum Gasteiger partial charge on any atom is 0.347 e. The number of nitro groups is 1. The van der Waals surface area contributed by atoms with Crippen molar-refractivity contribution >= 4 is 28.3 Å². The molecule has 0 aromatic carbocycles. The molecule has 15 heavy (non-hydrogen) atoms. The van der Waals surface area contributed by atoms with Crippen LogP contribution in [0.2, 0.25) is 0 Å². The third kappa shape index (κ3) is 1.85. The molecule has 0 radical (unpaired) electrons. The fraction of sp³-hybridized carbons (Fsp3) is 0.444. The lowest BCUT2D eigenvalue weighted by atomic mass is 10.4. The van der Waals surface area contributed by atoms with E-state index in [2.05, 4.69) is 0 Å². The summed E-state index contributed by atoms with van der Waals surface area (Å²) in [4.78, 5) is 23.3. The van der Waals surface area contributed by atoms with Crippen LogP contribution in [0.3, 0.4) is 0 Å². The van der Waals surface area contributed by atoms with Gasteiger partial charge < -0.3 is 4.90 Å². The van der Waals surface area contributed by atoms with Gasteiger partial charge in [0.25, 0.3) is 0 Å². The molecule has 1 aliphatic heterocycles. The van der Waals surface area contributed by atoms with E-state index in [0.29, 0.717) is 16.9 Å². The standard InChI is InChI=1S/C9H10N2O3S/c12-6-7-5-8(9(15-7)11(13)14)10-3-1-2-4-10/h5-6H,1-4H2. The molecular formula is C9H10N2O3S. The molecule has 6 heteroatoms. The number of carbonyl (C=O) groups excluding carboxylic acids is 1. The lowest BCUT2D eigenvalue weighted by molar-refractivity contribution is -0.379. The van der Waals surface area contributed by atoms with Crippen molar-refractivity contribution in [3.8, 4) is 0 Å². The zero-order valence-electron chi connectivity index (χ0n) is 8.01. The van der Waals surface area contributed by atoms with Crippen molar-refractivity contribution in [2.45, 2.75) is 12.8 Å². The van der Waals surface area contributed by atoms with Crippen LogP contribution in [0.1, 0.15) is 22.5 Å². The average Bonchev–Trinajstić information content (AvgIpc) is 2.86. The van der Waals surface area contributed by atoms with Crippen molar-refractivity contribution in [1.29, 1.82) is 0 Å². The Hall–Kier alpha value is -1.43. The Morgan fingerprint density at radius 2 is 2.13 bits per heavy atom. The van der Waals surface area contributed by atoms with E-state index in [1.807, 2.05) is 4.90 Å². The first-order chi connectivity index (χ1) is 7.22. The number of aldehydes is 1.